The van der Waals surface area contributed by atoms with Crippen molar-refractivity contribution in [2.75, 3.05) is 5.32 Å². The smallest absolute Gasteiger partial charge is 0.261 e. The van der Waals surface area contributed by atoms with Crippen molar-refractivity contribution in [2.45, 2.75) is 6.92 Å². The molecule has 0 saturated carbocycles. The molecule has 1 aromatic carbocycles. The van der Waals surface area contributed by atoms with Gasteiger partial charge in [-0.2, -0.15) is 0 Å². The van der Waals surface area contributed by atoms with Gasteiger partial charge in [0.25, 0.3) is 5.91 Å². The first-order valence-corrected chi connectivity index (χ1v) is 6.68. The Morgan fingerprint density at radius 3 is 2.95 bits per heavy atom. The summed E-state index contributed by atoms with van der Waals surface area (Å²) in [7, 11) is 0. The van der Waals surface area contributed by atoms with Gasteiger partial charge in [-0.25, -0.2) is 9.37 Å². The highest BCUT2D eigenvalue weighted by atomic mass is 35.5. The molecule has 1 amide bonds. The summed E-state index contributed by atoms with van der Waals surface area (Å²) >= 11 is 6.93. The van der Waals surface area contributed by atoms with Crippen LogP contribution in [-0.2, 0) is 0 Å². The number of rotatable bonds is 3. The van der Waals surface area contributed by atoms with Crippen LogP contribution in [0.3, 0.4) is 0 Å². The van der Waals surface area contributed by atoms with Crippen LogP contribution in [0.1, 0.15) is 23.0 Å². The predicted molar refractivity (Wildman–Crippen MR) is 75.5 cm³/mol. The molecule has 0 radical (unpaired) electrons. The first-order valence-electron chi connectivity index (χ1n) is 5.43. The van der Waals surface area contributed by atoms with Crippen molar-refractivity contribution in [1.82, 2.24) is 4.98 Å². The summed E-state index contributed by atoms with van der Waals surface area (Å²) in [6.07, 6.45) is 0. The van der Waals surface area contributed by atoms with Crippen molar-refractivity contribution in [1.29, 1.82) is 0 Å². The maximum Gasteiger partial charge on any atom is 0.261 e. The van der Waals surface area contributed by atoms with Crippen LogP contribution in [0.15, 0.2) is 28.7 Å². The average Bonchev–Trinajstić information content (AvgIpc) is 2.86. The van der Waals surface area contributed by atoms with Crippen LogP contribution in [0.2, 0.25) is 5.02 Å². The Kier molecular flexibility index (Phi) is 4.31. The van der Waals surface area contributed by atoms with Crippen LogP contribution in [0.4, 0.5) is 9.52 Å². The topological polar surface area (TPSA) is 74.6 Å². The van der Waals surface area contributed by atoms with Crippen molar-refractivity contribution in [3.05, 3.63) is 45.7 Å². The Bertz CT molecular complexity index is 667. The van der Waals surface area contributed by atoms with Gasteiger partial charge in [0.15, 0.2) is 5.13 Å². The Balaban J connectivity index is 2.22. The largest absolute Gasteiger partial charge is 0.411 e. The summed E-state index contributed by atoms with van der Waals surface area (Å²) < 4.78 is 13.6. The van der Waals surface area contributed by atoms with E-state index in [1.54, 1.807) is 12.3 Å². The van der Waals surface area contributed by atoms with Gasteiger partial charge in [-0.05, 0) is 19.1 Å². The molecule has 104 valence electrons. The van der Waals surface area contributed by atoms with Gasteiger partial charge in [0.1, 0.15) is 17.2 Å². The summed E-state index contributed by atoms with van der Waals surface area (Å²) in [4.78, 5) is 16.0. The predicted octanol–water partition coefficient (Wildman–Crippen LogP) is 3.39. The third-order valence-corrected chi connectivity index (χ3v) is 3.51. The molecule has 2 N–H and O–H groups in total. The van der Waals surface area contributed by atoms with Crippen LogP contribution in [-0.4, -0.2) is 21.8 Å². The Labute approximate surface area is 122 Å². The van der Waals surface area contributed by atoms with E-state index in [4.69, 9.17) is 16.8 Å². The first kappa shape index (κ1) is 14.4. The van der Waals surface area contributed by atoms with E-state index in [0.717, 1.165) is 17.4 Å². The molecule has 5 nitrogen and oxygen atoms in total. The number of carbonyl (C=O) groups is 1. The fraction of sp³-hybridized carbons (Fsp3) is 0.0833. The van der Waals surface area contributed by atoms with E-state index in [0.29, 0.717) is 11.4 Å². The van der Waals surface area contributed by atoms with E-state index in [9.17, 15) is 9.18 Å². The number of thiazole rings is 1. The number of hydrogen-bond donors (Lipinski definition) is 2. The van der Waals surface area contributed by atoms with Gasteiger partial charge in [-0.1, -0.05) is 22.8 Å². The molecule has 0 aliphatic rings. The molecule has 8 heteroatoms. The van der Waals surface area contributed by atoms with Crippen LogP contribution >= 0.6 is 22.9 Å². The van der Waals surface area contributed by atoms with Gasteiger partial charge in [-0.15, -0.1) is 11.3 Å². The van der Waals surface area contributed by atoms with Crippen molar-refractivity contribution >= 4 is 39.7 Å². The zero-order chi connectivity index (χ0) is 14.7. The molecule has 0 spiro atoms. The van der Waals surface area contributed by atoms with Crippen LogP contribution in [0.5, 0.6) is 0 Å². The number of oxime groups is 1. The van der Waals surface area contributed by atoms with Crippen LogP contribution < -0.4 is 5.32 Å². The lowest BCUT2D eigenvalue weighted by Gasteiger charge is -2.04. The number of aromatic nitrogens is 1. The van der Waals surface area contributed by atoms with Crippen molar-refractivity contribution in [3.8, 4) is 0 Å². The number of benzene rings is 1. The van der Waals surface area contributed by atoms with Crippen molar-refractivity contribution in [3.63, 3.8) is 0 Å². The van der Waals surface area contributed by atoms with E-state index in [-0.39, 0.29) is 15.7 Å². The highest BCUT2D eigenvalue weighted by molar-refractivity contribution is 7.14. The lowest BCUT2D eigenvalue weighted by Crippen LogP contribution is -2.14. The molecule has 0 aliphatic heterocycles. The van der Waals surface area contributed by atoms with Gasteiger partial charge >= 0.3 is 0 Å². The molecule has 2 rings (SSSR count). The third kappa shape index (κ3) is 2.94. The highest BCUT2D eigenvalue weighted by Gasteiger charge is 2.17. The monoisotopic (exact) mass is 313 g/mol. The Morgan fingerprint density at radius 1 is 1.55 bits per heavy atom. The molecule has 1 heterocycles. The molecule has 0 atom stereocenters. The van der Waals surface area contributed by atoms with Gasteiger partial charge in [0, 0.05) is 5.38 Å². The fourth-order valence-corrected chi connectivity index (χ4v) is 2.42. The number of amides is 1. The summed E-state index contributed by atoms with van der Waals surface area (Å²) in [5, 5.41) is 16.0. The molecule has 0 aliphatic carbocycles. The van der Waals surface area contributed by atoms with E-state index in [1.807, 2.05) is 0 Å². The second-order valence-electron chi connectivity index (χ2n) is 3.77. The Morgan fingerprint density at radius 2 is 2.30 bits per heavy atom. The molecule has 0 saturated heterocycles. The van der Waals surface area contributed by atoms with Crippen molar-refractivity contribution in [2.24, 2.45) is 5.16 Å². The number of carbonyl (C=O) groups excluding carboxylic acids is 1. The molecule has 0 bridgehead atoms. The standard InChI is InChI=1S/C12H9ClFN3O2S/c1-6(17-19)9-5-20-12(15-9)16-11(18)10-7(13)3-2-4-8(10)14/h2-5,19H,1H3,(H,15,16,18). The summed E-state index contributed by atoms with van der Waals surface area (Å²) in [6.45, 7) is 1.56. The van der Waals surface area contributed by atoms with Gasteiger partial charge in [0.05, 0.1) is 10.6 Å². The fourth-order valence-electron chi connectivity index (χ4n) is 1.42. The molecule has 1 aromatic heterocycles. The van der Waals surface area contributed by atoms with E-state index in [2.05, 4.69) is 15.5 Å². The SMILES string of the molecule is CC(=NO)c1csc(NC(=O)c2c(F)cccc2Cl)n1. The number of anilines is 1. The van der Waals surface area contributed by atoms with Gasteiger partial charge in [0.2, 0.25) is 0 Å². The number of nitrogens with one attached hydrogen (secondary N) is 1. The van der Waals surface area contributed by atoms with E-state index >= 15 is 0 Å². The maximum atomic E-state index is 13.6. The summed E-state index contributed by atoms with van der Waals surface area (Å²) in [5.41, 5.74) is 0.497. The molecule has 0 unspecified atom stereocenters. The summed E-state index contributed by atoms with van der Waals surface area (Å²) in [5.74, 6) is -1.40. The minimum Gasteiger partial charge on any atom is -0.411 e. The van der Waals surface area contributed by atoms with Crippen LogP contribution in [0, 0.1) is 5.82 Å². The second kappa shape index (κ2) is 5.98. The molecular weight excluding hydrogens is 305 g/mol. The third-order valence-electron chi connectivity index (χ3n) is 2.44. The van der Waals surface area contributed by atoms with E-state index < -0.39 is 11.7 Å². The first-order chi connectivity index (χ1) is 9.52. The highest BCUT2D eigenvalue weighted by Crippen LogP contribution is 2.22. The van der Waals surface area contributed by atoms with Crippen molar-refractivity contribution < 1.29 is 14.4 Å². The lowest BCUT2D eigenvalue weighted by atomic mass is 10.2. The minimum atomic E-state index is -0.708. The van der Waals surface area contributed by atoms with Gasteiger partial charge in [-0.3, -0.25) is 10.1 Å². The molecule has 2 aromatic rings. The number of hydrogen-bond acceptors (Lipinski definition) is 5. The normalized spacial score (nSPS) is 11.4. The molecule has 0 fully saturated rings. The minimum absolute atomic E-state index is 0.0207. The quantitative estimate of drug-likeness (QED) is 0.518. The summed E-state index contributed by atoms with van der Waals surface area (Å²) in [6, 6.07) is 3.99. The number of nitrogens with zero attached hydrogens (tertiary/aromatic N) is 2. The number of halogens is 2. The Hall–Kier alpha value is -1.99. The second-order valence-corrected chi connectivity index (χ2v) is 5.04. The molecular formula is C12H9ClFN3O2S. The van der Waals surface area contributed by atoms with Gasteiger partial charge < -0.3 is 5.21 Å². The zero-order valence-electron chi connectivity index (χ0n) is 10.2. The average molecular weight is 314 g/mol. The maximum absolute atomic E-state index is 13.6. The van der Waals surface area contributed by atoms with Crippen LogP contribution in [0.25, 0.3) is 0 Å². The molecule has 20 heavy (non-hydrogen) atoms. The lowest BCUT2D eigenvalue weighted by molar-refractivity contribution is 0.102. The zero-order valence-corrected chi connectivity index (χ0v) is 11.8. The van der Waals surface area contributed by atoms with E-state index in [1.165, 1.54) is 12.1 Å².